The standard InChI is InChI=1S/C40H44N2O4/c1-8-39(4,5)27-10-18-31(19-11-27)45-33-22-14-29(15-23-33)41-37(43)35-26(3)36(35)38(44)42-30-16-24-34(25-17-30)46-32-20-12-28(13-21-32)40(6,7)9-2/h10-25,35-36H,3,8-9H2,1-2,4-7H3,(H,41,43)(H,42,44). The van der Waals surface area contributed by atoms with Crippen molar-refractivity contribution >= 4 is 23.2 Å². The molecule has 0 spiro atoms. The van der Waals surface area contributed by atoms with Gasteiger partial charge in [0.2, 0.25) is 11.8 Å². The number of nitrogens with one attached hydrogen (secondary N) is 2. The fourth-order valence-corrected chi connectivity index (χ4v) is 5.24. The predicted octanol–water partition coefficient (Wildman–Crippen LogP) is 10.0. The van der Waals surface area contributed by atoms with Crippen LogP contribution in [0.5, 0.6) is 23.0 Å². The third-order valence-corrected chi connectivity index (χ3v) is 9.34. The molecular formula is C40H44N2O4. The minimum atomic E-state index is -0.579. The van der Waals surface area contributed by atoms with Gasteiger partial charge in [-0.25, -0.2) is 0 Å². The number of amides is 2. The van der Waals surface area contributed by atoms with Gasteiger partial charge >= 0.3 is 0 Å². The number of rotatable bonds is 12. The van der Waals surface area contributed by atoms with Crippen molar-refractivity contribution in [3.05, 3.63) is 120 Å². The molecule has 2 N–H and O–H groups in total. The van der Waals surface area contributed by atoms with E-state index in [0.29, 0.717) is 28.4 Å². The average Bonchev–Trinajstić information content (AvgIpc) is 3.74. The molecule has 4 aromatic rings. The zero-order valence-electron chi connectivity index (χ0n) is 27.6. The summed E-state index contributed by atoms with van der Waals surface area (Å²) >= 11 is 0. The molecule has 46 heavy (non-hydrogen) atoms. The van der Waals surface area contributed by atoms with Gasteiger partial charge in [0.05, 0.1) is 11.8 Å². The van der Waals surface area contributed by atoms with Crippen LogP contribution in [-0.4, -0.2) is 11.8 Å². The molecular weight excluding hydrogens is 572 g/mol. The second-order valence-corrected chi connectivity index (χ2v) is 13.3. The monoisotopic (exact) mass is 616 g/mol. The Hall–Kier alpha value is -4.84. The third kappa shape index (κ3) is 7.51. The van der Waals surface area contributed by atoms with Gasteiger partial charge in [-0.3, -0.25) is 9.59 Å². The number of carbonyl (C=O) groups excluding carboxylic acids is 2. The number of anilines is 2. The first-order valence-corrected chi connectivity index (χ1v) is 16.0. The second-order valence-electron chi connectivity index (χ2n) is 13.3. The lowest BCUT2D eigenvalue weighted by Gasteiger charge is -2.23. The topological polar surface area (TPSA) is 76.7 Å². The lowest BCUT2D eigenvalue weighted by molar-refractivity contribution is -0.122. The van der Waals surface area contributed by atoms with Crippen molar-refractivity contribution in [3.63, 3.8) is 0 Å². The number of hydrogen-bond acceptors (Lipinski definition) is 4. The van der Waals surface area contributed by atoms with Crippen molar-refractivity contribution in [1.29, 1.82) is 0 Å². The second kappa shape index (κ2) is 13.3. The molecule has 2 atom stereocenters. The van der Waals surface area contributed by atoms with E-state index in [2.05, 4.69) is 83.0 Å². The zero-order valence-corrected chi connectivity index (χ0v) is 27.6. The lowest BCUT2D eigenvalue weighted by atomic mass is 9.82. The Bertz CT molecular complexity index is 1560. The smallest absolute Gasteiger partial charge is 0.232 e. The number of benzene rings is 4. The molecule has 2 unspecified atom stereocenters. The minimum Gasteiger partial charge on any atom is -0.457 e. The molecule has 6 nitrogen and oxygen atoms in total. The highest BCUT2D eigenvalue weighted by Crippen LogP contribution is 2.46. The lowest BCUT2D eigenvalue weighted by Crippen LogP contribution is -2.20. The highest BCUT2D eigenvalue weighted by atomic mass is 16.5. The Balaban J connectivity index is 1.10. The Morgan fingerprint density at radius 3 is 1.13 bits per heavy atom. The van der Waals surface area contributed by atoms with E-state index in [-0.39, 0.29) is 22.6 Å². The normalized spacial score (nSPS) is 16.0. The van der Waals surface area contributed by atoms with Crippen molar-refractivity contribution in [2.45, 2.75) is 65.2 Å². The number of hydrogen-bond donors (Lipinski definition) is 2. The fraction of sp³-hybridized carbons (Fsp3) is 0.300. The predicted molar refractivity (Wildman–Crippen MR) is 186 cm³/mol. The maximum Gasteiger partial charge on any atom is 0.232 e. The van der Waals surface area contributed by atoms with Crippen molar-refractivity contribution in [1.82, 2.24) is 0 Å². The van der Waals surface area contributed by atoms with Gasteiger partial charge in [-0.1, -0.05) is 78.0 Å². The molecule has 238 valence electrons. The SMILES string of the molecule is C=C1C(C(=O)Nc2ccc(Oc3ccc(C(C)(C)CC)cc3)cc2)C1C(=O)Nc1ccc(Oc2ccc(C(C)(C)CC)cc2)cc1. The van der Waals surface area contributed by atoms with Crippen LogP contribution in [0.4, 0.5) is 11.4 Å². The first kappa shape index (κ1) is 32.6. The van der Waals surface area contributed by atoms with E-state index in [1.165, 1.54) is 11.1 Å². The van der Waals surface area contributed by atoms with Gasteiger partial charge in [-0.05, 0) is 108 Å². The molecule has 2 amide bonds. The highest BCUT2D eigenvalue weighted by Gasteiger charge is 2.52. The molecule has 0 bridgehead atoms. The van der Waals surface area contributed by atoms with Gasteiger partial charge in [0.25, 0.3) is 0 Å². The van der Waals surface area contributed by atoms with E-state index < -0.39 is 11.8 Å². The summed E-state index contributed by atoms with van der Waals surface area (Å²) in [6, 6.07) is 30.7. The molecule has 0 saturated heterocycles. The quantitative estimate of drug-likeness (QED) is 0.155. The Labute approximate surface area is 272 Å². The number of carbonyl (C=O) groups is 2. The van der Waals surface area contributed by atoms with E-state index in [1.54, 1.807) is 48.5 Å². The number of ether oxygens (including phenoxy) is 2. The van der Waals surface area contributed by atoms with Crippen LogP contribution in [0.1, 0.15) is 65.5 Å². The van der Waals surface area contributed by atoms with E-state index in [1.807, 2.05) is 24.3 Å². The van der Waals surface area contributed by atoms with Crippen molar-refractivity contribution in [2.24, 2.45) is 11.8 Å². The van der Waals surface area contributed by atoms with Crippen molar-refractivity contribution < 1.29 is 19.1 Å². The van der Waals surface area contributed by atoms with Crippen molar-refractivity contribution in [3.8, 4) is 23.0 Å². The molecule has 0 heterocycles. The summed E-state index contributed by atoms with van der Waals surface area (Å²) in [4.78, 5) is 26.0. The van der Waals surface area contributed by atoms with E-state index >= 15 is 0 Å². The maximum atomic E-state index is 13.0. The molecule has 4 aromatic carbocycles. The van der Waals surface area contributed by atoms with Crippen LogP contribution in [0.2, 0.25) is 0 Å². The zero-order chi connectivity index (χ0) is 33.1. The van der Waals surface area contributed by atoms with E-state index in [0.717, 1.165) is 24.3 Å². The Morgan fingerprint density at radius 2 is 0.848 bits per heavy atom. The molecule has 0 radical (unpaired) electrons. The van der Waals surface area contributed by atoms with Crippen LogP contribution >= 0.6 is 0 Å². The molecule has 0 aliphatic heterocycles. The molecule has 1 saturated carbocycles. The van der Waals surface area contributed by atoms with Gasteiger partial charge in [0, 0.05) is 11.4 Å². The van der Waals surface area contributed by atoms with Crippen LogP contribution in [-0.2, 0) is 20.4 Å². The Kier molecular flexibility index (Phi) is 9.38. The molecule has 5 rings (SSSR count). The molecule has 0 aromatic heterocycles. The van der Waals surface area contributed by atoms with Crippen LogP contribution < -0.4 is 20.1 Å². The van der Waals surface area contributed by atoms with Crippen LogP contribution in [0, 0.1) is 11.8 Å². The maximum absolute atomic E-state index is 13.0. The summed E-state index contributed by atoms with van der Waals surface area (Å²) in [5.74, 6) is 1.15. The van der Waals surface area contributed by atoms with Crippen molar-refractivity contribution in [2.75, 3.05) is 10.6 Å². The Morgan fingerprint density at radius 1 is 0.565 bits per heavy atom. The largest absolute Gasteiger partial charge is 0.457 e. The summed E-state index contributed by atoms with van der Waals surface area (Å²) in [7, 11) is 0. The molecule has 6 heteroatoms. The van der Waals surface area contributed by atoms with Gasteiger partial charge in [-0.2, -0.15) is 0 Å². The van der Waals surface area contributed by atoms with Crippen LogP contribution in [0.25, 0.3) is 0 Å². The van der Waals surface area contributed by atoms with E-state index in [4.69, 9.17) is 9.47 Å². The molecule has 1 aliphatic rings. The highest BCUT2D eigenvalue weighted by molar-refractivity contribution is 6.08. The first-order valence-electron chi connectivity index (χ1n) is 16.0. The van der Waals surface area contributed by atoms with Gasteiger partial charge < -0.3 is 20.1 Å². The molecule has 1 fully saturated rings. The van der Waals surface area contributed by atoms with Crippen LogP contribution in [0.15, 0.2) is 109 Å². The average molecular weight is 617 g/mol. The fourth-order valence-electron chi connectivity index (χ4n) is 5.24. The summed E-state index contributed by atoms with van der Waals surface area (Å²) in [5.41, 5.74) is 4.61. The first-order chi connectivity index (χ1) is 21.9. The van der Waals surface area contributed by atoms with Crippen LogP contribution in [0.3, 0.4) is 0 Å². The third-order valence-electron chi connectivity index (χ3n) is 9.34. The van der Waals surface area contributed by atoms with E-state index in [9.17, 15) is 9.59 Å². The van der Waals surface area contributed by atoms with Gasteiger partial charge in [0.15, 0.2) is 0 Å². The summed E-state index contributed by atoms with van der Waals surface area (Å²) in [6.45, 7) is 17.2. The van der Waals surface area contributed by atoms with Gasteiger partial charge in [-0.15, -0.1) is 0 Å². The summed E-state index contributed by atoms with van der Waals surface area (Å²) in [6.07, 6.45) is 2.11. The minimum absolute atomic E-state index is 0.117. The summed E-state index contributed by atoms with van der Waals surface area (Å²) < 4.78 is 12.0. The molecule has 1 aliphatic carbocycles. The van der Waals surface area contributed by atoms with Gasteiger partial charge in [0.1, 0.15) is 23.0 Å². The summed E-state index contributed by atoms with van der Waals surface area (Å²) in [5, 5.41) is 5.80.